The molecule has 0 unspecified atom stereocenters. The summed E-state index contributed by atoms with van der Waals surface area (Å²) in [6, 6.07) is 20.6. The Bertz CT molecular complexity index is 804. The molecular formula is C18H16N4O. The van der Waals surface area contributed by atoms with E-state index in [9.17, 15) is 4.79 Å². The summed E-state index contributed by atoms with van der Waals surface area (Å²) >= 11 is 0. The van der Waals surface area contributed by atoms with E-state index < -0.39 is 0 Å². The maximum Gasteiger partial charge on any atom is 0.274 e. The fourth-order valence-corrected chi connectivity index (χ4v) is 2.13. The number of benzene rings is 2. The number of carbonyl (C=O) groups is 1. The van der Waals surface area contributed by atoms with Crippen molar-refractivity contribution in [2.24, 2.45) is 0 Å². The summed E-state index contributed by atoms with van der Waals surface area (Å²) in [6.45, 7) is 1.76. The number of hydrogen-bond donors (Lipinski definition) is 2. The number of aromatic nitrogens is 2. The van der Waals surface area contributed by atoms with Crippen LogP contribution in [0.2, 0.25) is 0 Å². The van der Waals surface area contributed by atoms with E-state index in [-0.39, 0.29) is 5.91 Å². The van der Waals surface area contributed by atoms with E-state index in [2.05, 4.69) is 20.6 Å². The Morgan fingerprint density at radius 3 is 2.13 bits per heavy atom. The average Bonchev–Trinajstić information content (AvgIpc) is 2.56. The molecule has 0 aliphatic rings. The Morgan fingerprint density at radius 2 is 1.48 bits per heavy atom. The molecule has 0 aliphatic heterocycles. The van der Waals surface area contributed by atoms with E-state index >= 15 is 0 Å². The van der Waals surface area contributed by atoms with E-state index in [0.29, 0.717) is 17.3 Å². The number of nitrogens with one attached hydrogen (secondary N) is 2. The highest BCUT2D eigenvalue weighted by Crippen LogP contribution is 2.16. The van der Waals surface area contributed by atoms with Gasteiger partial charge in [0.15, 0.2) is 0 Å². The summed E-state index contributed by atoms with van der Waals surface area (Å²) in [5, 5.41) is 5.99. The van der Waals surface area contributed by atoms with Crippen LogP contribution in [-0.4, -0.2) is 15.9 Å². The molecule has 5 heteroatoms. The predicted molar refractivity (Wildman–Crippen MR) is 90.9 cm³/mol. The predicted octanol–water partition coefficient (Wildman–Crippen LogP) is 3.78. The fraction of sp³-hybridized carbons (Fsp3) is 0.0556. The Labute approximate surface area is 134 Å². The lowest BCUT2D eigenvalue weighted by molar-refractivity contribution is 0.102. The first kappa shape index (κ1) is 14.7. The molecule has 2 N–H and O–H groups in total. The van der Waals surface area contributed by atoms with Gasteiger partial charge in [-0.05, 0) is 31.2 Å². The first-order valence-electron chi connectivity index (χ1n) is 7.25. The van der Waals surface area contributed by atoms with Gasteiger partial charge >= 0.3 is 0 Å². The Hall–Kier alpha value is -3.21. The maximum atomic E-state index is 12.3. The van der Waals surface area contributed by atoms with Crippen LogP contribution in [0.25, 0.3) is 0 Å². The summed E-state index contributed by atoms with van der Waals surface area (Å²) in [5.41, 5.74) is 1.95. The van der Waals surface area contributed by atoms with Gasteiger partial charge in [0, 0.05) is 17.4 Å². The molecule has 1 heterocycles. The molecule has 0 aliphatic carbocycles. The van der Waals surface area contributed by atoms with Crippen LogP contribution in [0.5, 0.6) is 0 Å². The van der Waals surface area contributed by atoms with E-state index in [4.69, 9.17) is 0 Å². The fourth-order valence-electron chi connectivity index (χ4n) is 2.13. The Morgan fingerprint density at radius 1 is 0.870 bits per heavy atom. The minimum absolute atomic E-state index is 0.266. The summed E-state index contributed by atoms with van der Waals surface area (Å²) in [5.74, 6) is 0.851. The highest BCUT2D eigenvalue weighted by atomic mass is 16.1. The van der Waals surface area contributed by atoms with Gasteiger partial charge in [-0.2, -0.15) is 0 Å². The van der Waals surface area contributed by atoms with Gasteiger partial charge in [-0.3, -0.25) is 4.79 Å². The molecular weight excluding hydrogens is 288 g/mol. The lowest BCUT2D eigenvalue weighted by Gasteiger charge is -2.09. The van der Waals surface area contributed by atoms with Crippen LogP contribution in [0.4, 0.5) is 17.2 Å². The largest absolute Gasteiger partial charge is 0.340 e. The third kappa shape index (κ3) is 3.91. The minimum Gasteiger partial charge on any atom is -0.340 e. The van der Waals surface area contributed by atoms with Crippen LogP contribution in [0.15, 0.2) is 66.7 Å². The molecule has 3 aromatic rings. The second-order valence-electron chi connectivity index (χ2n) is 5.00. The van der Waals surface area contributed by atoms with Crippen LogP contribution in [0, 0.1) is 6.92 Å². The molecule has 3 rings (SSSR count). The summed E-state index contributed by atoms with van der Waals surface area (Å²) in [4.78, 5) is 20.9. The lowest BCUT2D eigenvalue weighted by Crippen LogP contribution is -2.15. The van der Waals surface area contributed by atoms with Crippen molar-refractivity contribution in [3.8, 4) is 0 Å². The van der Waals surface area contributed by atoms with Crippen molar-refractivity contribution < 1.29 is 4.79 Å². The van der Waals surface area contributed by atoms with Gasteiger partial charge in [-0.1, -0.05) is 36.4 Å². The van der Waals surface area contributed by atoms with E-state index in [0.717, 1.165) is 11.4 Å². The molecule has 0 atom stereocenters. The topological polar surface area (TPSA) is 66.9 Å². The van der Waals surface area contributed by atoms with Crippen molar-refractivity contribution >= 4 is 23.1 Å². The van der Waals surface area contributed by atoms with E-state index in [1.165, 1.54) is 0 Å². The molecule has 114 valence electrons. The second-order valence-corrected chi connectivity index (χ2v) is 5.00. The van der Waals surface area contributed by atoms with Gasteiger partial charge in [0.2, 0.25) is 0 Å². The third-order valence-corrected chi connectivity index (χ3v) is 3.15. The van der Waals surface area contributed by atoms with Crippen molar-refractivity contribution in [3.05, 3.63) is 78.2 Å². The van der Waals surface area contributed by atoms with Crippen molar-refractivity contribution in [2.75, 3.05) is 10.6 Å². The van der Waals surface area contributed by atoms with Crippen LogP contribution in [0.3, 0.4) is 0 Å². The van der Waals surface area contributed by atoms with Gasteiger partial charge in [-0.25, -0.2) is 9.97 Å². The summed E-state index contributed by atoms with van der Waals surface area (Å²) in [6.07, 6.45) is 0. The van der Waals surface area contributed by atoms with Gasteiger partial charge in [0.25, 0.3) is 5.91 Å². The Balaban J connectivity index is 1.81. The van der Waals surface area contributed by atoms with Crippen molar-refractivity contribution in [1.29, 1.82) is 0 Å². The lowest BCUT2D eigenvalue weighted by atomic mass is 10.3. The molecule has 0 saturated heterocycles. The molecule has 1 amide bonds. The van der Waals surface area contributed by atoms with Crippen LogP contribution in [-0.2, 0) is 0 Å². The number of para-hydroxylation sites is 2. The van der Waals surface area contributed by atoms with Gasteiger partial charge in [-0.15, -0.1) is 0 Å². The molecule has 0 saturated carbocycles. The molecule has 0 radical (unpaired) electrons. The van der Waals surface area contributed by atoms with E-state index in [1.807, 2.05) is 60.7 Å². The van der Waals surface area contributed by atoms with Gasteiger partial charge in [0.1, 0.15) is 17.3 Å². The van der Waals surface area contributed by atoms with E-state index in [1.54, 1.807) is 13.0 Å². The highest BCUT2D eigenvalue weighted by Gasteiger charge is 2.11. The standard InChI is InChI=1S/C18H16N4O/c1-13-19-16(18(23)22-15-10-6-3-7-11-15)12-17(20-13)21-14-8-4-2-5-9-14/h2-12H,1H3,(H,22,23)(H,19,20,21). The zero-order valence-corrected chi connectivity index (χ0v) is 12.7. The van der Waals surface area contributed by atoms with Crippen LogP contribution in [0.1, 0.15) is 16.3 Å². The number of hydrogen-bond acceptors (Lipinski definition) is 4. The average molecular weight is 304 g/mol. The number of anilines is 3. The minimum atomic E-state index is -0.266. The van der Waals surface area contributed by atoms with Crippen LogP contribution >= 0.6 is 0 Å². The summed E-state index contributed by atoms with van der Waals surface area (Å²) < 4.78 is 0. The van der Waals surface area contributed by atoms with Crippen molar-refractivity contribution in [3.63, 3.8) is 0 Å². The molecule has 23 heavy (non-hydrogen) atoms. The van der Waals surface area contributed by atoms with Crippen LogP contribution < -0.4 is 10.6 Å². The first-order valence-corrected chi connectivity index (χ1v) is 7.25. The maximum absolute atomic E-state index is 12.3. The summed E-state index contributed by atoms with van der Waals surface area (Å²) in [7, 11) is 0. The zero-order valence-electron chi connectivity index (χ0n) is 12.7. The second kappa shape index (κ2) is 6.70. The van der Waals surface area contributed by atoms with Crippen molar-refractivity contribution in [1.82, 2.24) is 9.97 Å². The quantitative estimate of drug-likeness (QED) is 0.769. The first-order chi connectivity index (χ1) is 11.2. The van der Waals surface area contributed by atoms with Crippen molar-refractivity contribution in [2.45, 2.75) is 6.92 Å². The third-order valence-electron chi connectivity index (χ3n) is 3.15. The number of nitrogens with zero attached hydrogens (tertiary/aromatic N) is 2. The molecule has 0 spiro atoms. The smallest absolute Gasteiger partial charge is 0.274 e. The van der Waals surface area contributed by atoms with Gasteiger partial charge in [0.05, 0.1) is 0 Å². The SMILES string of the molecule is Cc1nc(Nc2ccccc2)cc(C(=O)Nc2ccccc2)n1. The molecule has 1 aromatic heterocycles. The monoisotopic (exact) mass is 304 g/mol. The van der Waals surface area contributed by atoms with Gasteiger partial charge < -0.3 is 10.6 Å². The molecule has 0 bridgehead atoms. The molecule has 0 fully saturated rings. The number of aryl methyl sites for hydroxylation is 1. The zero-order chi connectivity index (χ0) is 16.1. The number of rotatable bonds is 4. The number of amides is 1. The number of carbonyl (C=O) groups excluding carboxylic acids is 1. The molecule has 5 nitrogen and oxygen atoms in total. The highest BCUT2D eigenvalue weighted by molar-refractivity contribution is 6.03. The normalized spacial score (nSPS) is 10.1. The Kier molecular flexibility index (Phi) is 4.29. The molecule has 2 aromatic carbocycles.